The van der Waals surface area contributed by atoms with Gasteiger partial charge in [0.1, 0.15) is 5.75 Å². The largest absolute Gasteiger partial charge is 0.497 e. The van der Waals surface area contributed by atoms with Crippen LogP contribution in [0, 0.1) is 5.92 Å². The number of likely N-dealkylation sites (N-methyl/N-ethyl adjacent to an activating group) is 1. The van der Waals surface area contributed by atoms with Crippen molar-refractivity contribution in [1.29, 1.82) is 0 Å². The van der Waals surface area contributed by atoms with E-state index in [2.05, 4.69) is 34.1 Å². The Labute approximate surface area is 197 Å². The summed E-state index contributed by atoms with van der Waals surface area (Å²) in [5.74, 6) is 1.44. The Morgan fingerprint density at radius 1 is 0.939 bits per heavy atom. The minimum absolute atomic E-state index is 0.127. The van der Waals surface area contributed by atoms with Crippen LogP contribution in [0.1, 0.15) is 44.1 Å². The van der Waals surface area contributed by atoms with Crippen LogP contribution in [-0.2, 0) is 16.1 Å². The number of piperidine rings is 1. The fraction of sp³-hybridized carbons (Fsp3) is 0.556. The van der Waals surface area contributed by atoms with Crippen molar-refractivity contribution in [2.24, 2.45) is 5.92 Å². The lowest BCUT2D eigenvalue weighted by Gasteiger charge is -2.34. The van der Waals surface area contributed by atoms with Gasteiger partial charge in [-0.15, -0.1) is 0 Å². The van der Waals surface area contributed by atoms with Crippen LogP contribution in [0.3, 0.4) is 0 Å². The molecule has 33 heavy (non-hydrogen) atoms. The van der Waals surface area contributed by atoms with Crippen LogP contribution in [0.25, 0.3) is 10.8 Å². The first-order valence-electron chi connectivity index (χ1n) is 12.4. The molecule has 0 saturated carbocycles. The molecule has 0 spiro atoms. The van der Waals surface area contributed by atoms with Gasteiger partial charge in [-0.25, -0.2) is 0 Å². The van der Waals surface area contributed by atoms with Crippen molar-refractivity contribution in [2.45, 2.75) is 45.1 Å². The third-order valence-corrected chi connectivity index (χ3v) is 7.17. The second kappa shape index (κ2) is 11.0. The average molecular weight is 452 g/mol. The number of nitrogens with zero attached hydrogens (tertiary/aromatic N) is 3. The number of hydrogen-bond acceptors (Lipinski definition) is 4. The summed E-state index contributed by atoms with van der Waals surface area (Å²) in [7, 11) is 3.54. The van der Waals surface area contributed by atoms with E-state index in [0.717, 1.165) is 73.9 Å². The van der Waals surface area contributed by atoms with Crippen molar-refractivity contribution in [2.75, 3.05) is 46.9 Å². The zero-order valence-corrected chi connectivity index (χ0v) is 20.1. The molecule has 6 heteroatoms. The molecule has 2 aromatic rings. The summed E-state index contributed by atoms with van der Waals surface area (Å²) in [6.07, 6.45) is 6.48. The van der Waals surface area contributed by atoms with Gasteiger partial charge in [0.2, 0.25) is 11.8 Å². The number of amides is 2. The van der Waals surface area contributed by atoms with Crippen LogP contribution in [0.15, 0.2) is 36.4 Å². The molecule has 0 N–H and O–H groups in total. The number of fused-ring (bicyclic) bond motifs is 1. The highest BCUT2D eigenvalue weighted by molar-refractivity contribution is 5.85. The van der Waals surface area contributed by atoms with Crippen LogP contribution in [-0.4, -0.2) is 73.4 Å². The molecular weight excluding hydrogens is 414 g/mol. The average Bonchev–Trinajstić information content (AvgIpc) is 3.13. The molecular formula is C27H37N3O3. The standard InChI is InChI=1S/C27H37N3O3/c1-28(19-21-7-8-24-18-25(33-2)10-9-23(24)17-21)26(31)20-29-15-11-22(12-16-29)27(32)30-13-5-3-4-6-14-30/h7-10,17-18,22H,3-6,11-16,19-20H2,1-2H3. The van der Waals surface area contributed by atoms with Gasteiger partial charge in [0.25, 0.3) is 0 Å². The molecule has 0 unspecified atom stereocenters. The van der Waals surface area contributed by atoms with Gasteiger partial charge in [-0.1, -0.05) is 31.0 Å². The fourth-order valence-electron chi connectivity index (χ4n) is 5.06. The number of rotatable bonds is 6. The first-order valence-corrected chi connectivity index (χ1v) is 12.4. The topological polar surface area (TPSA) is 53.1 Å². The predicted octanol–water partition coefficient (Wildman–Crippen LogP) is 3.92. The van der Waals surface area contributed by atoms with Crippen LogP contribution in [0.4, 0.5) is 0 Å². The Morgan fingerprint density at radius 3 is 2.30 bits per heavy atom. The summed E-state index contributed by atoms with van der Waals surface area (Å²) in [4.78, 5) is 31.9. The lowest BCUT2D eigenvalue weighted by molar-refractivity contribution is -0.137. The Bertz CT molecular complexity index is 960. The van der Waals surface area contributed by atoms with E-state index < -0.39 is 0 Å². The maximum atomic E-state index is 12.9. The maximum absolute atomic E-state index is 12.9. The van der Waals surface area contributed by atoms with Crippen molar-refractivity contribution in [3.63, 3.8) is 0 Å². The molecule has 4 rings (SSSR count). The molecule has 2 aromatic carbocycles. The van der Waals surface area contributed by atoms with E-state index in [4.69, 9.17) is 4.74 Å². The van der Waals surface area contributed by atoms with E-state index in [-0.39, 0.29) is 11.8 Å². The third kappa shape index (κ3) is 6.05. The maximum Gasteiger partial charge on any atom is 0.236 e. The van der Waals surface area contributed by atoms with Gasteiger partial charge in [0.05, 0.1) is 13.7 Å². The molecule has 6 nitrogen and oxygen atoms in total. The summed E-state index contributed by atoms with van der Waals surface area (Å²) in [5.41, 5.74) is 1.12. The third-order valence-electron chi connectivity index (χ3n) is 7.17. The molecule has 2 aliphatic heterocycles. The highest BCUT2D eigenvalue weighted by Gasteiger charge is 2.29. The molecule has 2 heterocycles. The minimum atomic E-state index is 0.127. The first kappa shape index (κ1) is 23.6. The van der Waals surface area contributed by atoms with Crippen molar-refractivity contribution >= 4 is 22.6 Å². The molecule has 2 saturated heterocycles. The predicted molar refractivity (Wildman–Crippen MR) is 131 cm³/mol. The fourth-order valence-corrected chi connectivity index (χ4v) is 5.06. The van der Waals surface area contributed by atoms with Crippen molar-refractivity contribution in [3.8, 4) is 5.75 Å². The first-order chi connectivity index (χ1) is 16.0. The molecule has 0 bridgehead atoms. The Balaban J connectivity index is 1.25. The number of likely N-dealkylation sites (tertiary alicyclic amines) is 2. The Hall–Kier alpha value is -2.60. The van der Waals surface area contributed by atoms with E-state index in [1.54, 1.807) is 12.0 Å². The highest BCUT2D eigenvalue weighted by Crippen LogP contribution is 2.23. The number of hydrogen-bond donors (Lipinski definition) is 0. The van der Waals surface area contributed by atoms with Crippen LogP contribution < -0.4 is 4.74 Å². The van der Waals surface area contributed by atoms with Crippen LogP contribution >= 0.6 is 0 Å². The van der Waals surface area contributed by atoms with Crippen LogP contribution in [0.2, 0.25) is 0 Å². The number of ether oxygens (including phenoxy) is 1. The smallest absolute Gasteiger partial charge is 0.236 e. The van der Waals surface area contributed by atoms with Gasteiger partial charge < -0.3 is 14.5 Å². The minimum Gasteiger partial charge on any atom is -0.497 e. The van der Waals surface area contributed by atoms with E-state index in [0.29, 0.717) is 19.0 Å². The monoisotopic (exact) mass is 451 g/mol. The molecule has 0 radical (unpaired) electrons. The van der Waals surface area contributed by atoms with E-state index in [1.165, 1.54) is 12.8 Å². The zero-order valence-electron chi connectivity index (χ0n) is 20.1. The second-order valence-electron chi connectivity index (χ2n) is 9.59. The summed E-state index contributed by atoms with van der Waals surface area (Å²) in [6, 6.07) is 12.3. The molecule has 0 atom stereocenters. The number of carbonyl (C=O) groups is 2. The Morgan fingerprint density at radius 2 is 1.61 bits per heavy atom. The van der Waals surface area contributed by atoms with Gasteiger partial charge in [-0.3, -0.25) is 14.5 Å². The lowest BCUT2D eigenvalue weighted by atomic mass is 9.95. The lowest BCUT2D eigenvalue weighted by Crippen LogP contribution is -2.45. The van der Waals surface area contributed by atoms with E-state index in [1.807, 2.05) is 19.2 Å². The quantitative estimate of drug-likeness (QED) is 0.668. The van der Waals surface area contributed by atoms with E-state index >= 15 is 0 Å². The number of benzene rings is 2. The highest BCUT2D eigenvalue weighted by atomic mass is 16.5. The SMILES string of the molecule is COc1ccc2cc(CN(C)C(=O)CN3CCC(C(=O)N4CCCCCC4)CC3)ccc2c1. The Kier molecular flexibility index (Phi) is 7.86. The molecule has 2 aliphatic rings. The van der Waals surface area contributed by atoms with Crippen molar-refractivity contribution in [1.82, 2.24) is 14.7 Å². The van der Waals surface area contributed by atoms with Gasteiger partial charge in [0, 0.05) is 32.6 Å². The molecule has 0 aliphatic carbocycles. The number of methoxy groups -OCH3 is 1. The summed E-state index contributed by atoms with van der Waals surface area (Å²) < 4.78 is 5.30. The van der Waals surface area contributed by atoms with Crippen molar-refractivity contribution < 1.29 is 14.3 Å². The van der Waals surface area contributed by atoms with Gasteiger partial charge in [0.15, 0.2) is 0 Å². The molecule has 2 amide bonds. The zero-order chi connectivity index (χ0) is 23.2. The molecule has 178 valence electrons. The number of carbonyl (C=O) groups excluding carboxylic acids is 2. The summed E-state index contributed by atoms with van der Waals surface area (Å²) in [6.45, 7) is 4.50. The normalized spacial score (nSPS) is 18.2. The van der Waals surface area contributed by atoms with Gasteiger partial charge in [-0.2, -0.15) is 0 Å². The molecule has 0 aromatic heterocycles. The van der Waals surface area contributed by atoms with Crippen molar-refractivity contribution in [3.05, 3.63) is 42.0 Å². The summed E-state index contributed by atoms with van der Waals surface area (Å²) in [5, 5.41) is 2.27. The second-order valence-corrected chi connectivity index (χ2v) is 9.59. The molecule has 2 fully saturated rings. The summed E-state index contributed by atoms with van der Waals surface area (Å²) >= 11 is 0. The van der Waals surface area contributed by atoms with Gasteiger partial charge >= 0.3 is 0 Å². The van der Waals surface area contributed by atoms with E-state index in [9.17, 15) is 9.59 Å². The van der Waals surface area contributed by atoms with Crippen LogP contribution in [0.5, 0.6) is 5.75 Å². The van der Waals surface area contributed by atoms with Gasteiger partial charge in [-0.05, 0) is 73.3 Å².